The van der Waals surface area contributed by atoms with Crippen molar-refractivity contribution >= 4 is 17.5 Å². The molecule has 1 aromatic carbocycles. The number of nitrogens with one attached hydrogen (secondary N) is 2. The van der Waals surface area contributed by atoms with Gasteiger partial charge in [-0.25, -0.2) is 0 Å². The number of hydrogen-bond acceptors (Lipinski definition) is 3. The molecule has 1 aliphatic rings. The SMILES string of the molecule is CC(NC(=O)CCOCC(F)(F)F)c1ccc(NC(=O)C2CC2)cc1. The van der Waals surface area contributed by atoms with Crippen molar-refractivity contribution in [2.24, 2.45) is 5.92 Å². The Hall–Kier alpha value is -2.09. The summed E-state index contributed by atoms with van der Waals surface area (Å²) in [6, 6.07) is 6.78. The van der Waals surface area contributed by atoms with Crippen LogP contribution in [0.25, 0.3) is 0 Å². The first-order chi connectivity index (χ1) is 11.7. The summed E-state index contributed by atoms with van der Waals surface area (Å²) in [7, 11) is 0. The van der Waals surface area contributed by atoms with Crippen LogP contribution >= 0.6 is 0 Å². The molecule has 25 heavy (non-hydrogen) atoms. The first-order valence-corrected chi connectivity index (χ1v) is 8.09. The summed E-state index contributed by atoms with van der Waals surface area (Å²) in [4.78, 5) is 23.4. The first kappa shape index (κ1) is 19.2. The lowest BCUT2D eigenvalue weighted by atomic mass is 10.1. The Morgan fingerprint density at radius 1 is 1.24 bits per heavy atom. The Balaban J connectivity index is 1.73. The molecule has 1 saturated carbocycles. The molecular weight excluding hydrogens is 337 g/mol. The van der Waals surface area contributed by atoms with Gasteiger partial charge < -0.3 is 15.4 Å². The lowest BCUT2D eigenvalue weighted by molar-refractivity contribution is -0.174. The predicted molar refractivity (Wildman–Crippen MR) is 85.8 cm³/mol. The minimum atomic E-state index is -4.39. The normalized spacial score (nSPS) is 15.5. The maximum absolute atomic E-state index is 11.9. The van der Waals surface area contributed by atoms with Crippen LogP contribution in [0.3, 0.4) is 0 Å². The summed E-state index contributed by atoms with van der Waals surface area (Å²) < 4.78 is 40.2. The predicted octanol–water partition coefficient (Wildman–Crippen LogP) is 3.18. The Labute approximate surface area is 143 Å². The highest BCUT2D eigenvalue weighted by Gasteiger charge is 2.29. The van der Waals surface area contributed by atoms with Crippen LogP contribution in [0.15, 0.2) is 24.3 Å². The summed E-state index contributed by atoms with van der Waals surface area (Å²) in [6.45, 7) is 0.125. The summed E-state index contributed by atoms with van der Waals surface area (Å²) in [5.41, 5.74) is 1.52. The fourth-order valence-corrected chi connectivity index (χ4v) is 2.19. The van der Waals surface area contributed by atoms with E-state index >= 15 is 0 Å². The van der Waals surface area contributed by atoms with Gasteiger partial charge in [0.25, 0.3) is 0 Å². The highest BCUT2D eigenvalue weighted by Crippen LogP contribution is 2.30. The molecule has 0 aromatic heterocycles. The molecule has 0 heterocycles. The van der Waals surface area contributed by atoms with Crippen LogP contribution in [0.1, 0.15) is 37.8 Å². The van der Waals surface area contributed by atoms with E-state index in [2.05, 4.69) is 15.4 Å². The van der Waals surface area contributed by atoms with E-state index in [4.69, 9.17) is 0 Å². The van der Waals surface area contributed by atoms with Gasteiger partial charge in [0, 0.05) is 18.0 Å². The summed E-state index contributed by atoms with van der Waals surface area (Å²) in [6.07, 6.45) is -2.67. The zero-order chi connectivity index (χ0) is 18.4. The average Bonchev–Trinajstić information content (AvgIpc) is 3.36. The van der Waals surface area contributed by atoms with E-state index < -0.39 is 12.8 Å². The highest BCUT2D eigenvalue weighted by molar-refractivity contribution is 5.94. The summed E-state index contributed by atoms with van der Waals surface area (Å²) in [5, 5.41) is 5.52. The van der Waals surface area contributed by atoms with Gasteiger partial charge in [-0.15, -0.1) is 0 Å². The minimum Gasteiger partial charge on any atom is -0.372 e. The van der Waals surface area contributed by atoms with Crippen molar-refractivity contribution in [2.75, 3.05) is 18.5 Å². The number of halogens is 3. The number of ether oxygens (including phenoxy) is 1. The smallest absolute Gasteiger partial charge is 0.372 e. The van der Waals surface area contributed by atoms with E-state index in [0.29, 0.717) is 5.69 Å². The Morgan fingerprint density at radius 2 is 1.88 bits per heavy atom. The number of alkyl halides is 3. The Morgan fingerprint density at radius 3 is 2.44 bits per heavy atom. The summed E-state index contributed by atoms with van der Waals surface area (Å²) >= 11 is 0. The van der Waals surface area contributed by atoms with Crippen LogP contribution in [-0.4, -0.2) is 31.2 Å². The van der Waals surface area contributed by atoms with Crippen molar-refractivity contribution in [1.82, 2.24) is 5.32 Å². The van der Waals surface area contributed by atoms with Gasteiger partial charge in [-0.1, -0.05) is 12.1 Å². The zero-order valence-electron chi connectivity index (χ0n) is 13.9. The average molecular weight is 358 g/mol. The van der Waals surface area contributed by atoms with Crippen molar-refractivity contribution in [1.29, 1.82) is 0 Å². The van der Waals surface area contributed by atoms with E-state index in [1.165, 1.54) is 0 Å². The molecule has 8 heteroatoms. The maximum Gasteiger partial charge on any atom is 0.411 e. The molecule has 2 N–H and O–H groups in total. The molecule has 0 spiro atoms. The highest BCUT2D eigenvalue weighted by atomic mass is 19.4. The molecule has 1 aliphatic carbocycles. The van der Waals surface area contributed by atoms with E-state index in [9.17, 15) is 22.8 Å². The second-order valence-electron chi connectivity index (χ2n) is 6.09. The standard InChI is InChI=1S/C17H21F3N2O3/c1-11(21-15(23)8-9-25-10-17(18,19)20)12-4-6-14(7-5-12)22-16(24)13-2-3-13/h4-7,11,13H,2-3,8-10H2,1H3,(H,21,23)(H,22,24). The monoisotopic (exact) mass is 358 g/mol. The molecule has 0 bridgehead atoms. The van der Waals surface area contributed by atoms with Gasteiger partial charge in [0.1, 0.15) is 6.61 Å². The number of carbonyl (C=O) groups excluding carboxylic acids is 2. The van der Waals surface area contributed by atoms with Gasteiger partial charge in [0.05, 0.1) is 12.6 Å². The second kappa shape index (κ2) is 8.33. The fourth-order valence-electron chi connectivity index (χ4n) is 2.19. The molecule has 0 radical (unpaired) electrons. The lowest BCUT2D eigenvalue weighted by Crippen LogP contribution is -2.28. The van der Waals surface area contributed by atoms with Crippen LogP contribution in [0, 0.1) is 5.92 Å². The molecule has 1 aromatic rings. The summed E-state index contributed by atoms with van der Waals surface area (Å²) in [5.74, 6) is -0.244. The number of rotatable bonds is 8. The molecule has 0 saturated heterocycles. The zero-order valence-corrected chi connectivity index (χ0v) is 13.9. The van der Waals surface area contributed by atoms with Crippen molar-refractivity contribution in [3.8, 4) is 0 Å². The first-order valence-electron chi connectivity index (χ1n) is 8.09. The molecule has 2 rings (SSSR count). The maximum atomic E-state index is 11.9. The molecular formula is C17H21F3N2O3. The van der Waals surface area contributed by atoms with Gasteiger partial charge in [0.15, 0.2) is 0 Å². The molecule has 0 aliphatic heterocycles. The fraction of sp³-hybridized carbons (Fsp3) is 0.529. The van der Waals surface area contributed by atoms with Crippen molar-refractivity contribution in [2.45, 2.75) is 38.4 Å². The third-order valence-corrected chi connectivity index (χ3v) is 3.74. The van der Waals surface area contributed by atoms with Gasteiger partial charge in [-0.05, 0) is 37.5 Å². The second-order valence-corrected chi connectivity index (χ2v) is 6.09. The van der Waals surface area contributed by atoms with Crippen LogP contribution in [-0.2, 0) is 14.3 Å². The molecule has 2 amide bonds. The van der Waals surface area contributed by atoms with Crippen molar-refractivity contribution in [3.05, 3.63) is 29.8 Å². The number of carbonyl (C=O) groups is 2. The van der Waals surface area contributed by atoms with Gasteiger partial charge >= 0.3 is 6.18 Å². The number of anilines is 1. The molecule has 1 atom stereocenters. The van der Waals surface area contributed by atoms with Crippen molar-refractivity contribution < 1.29 is 27.5 Å². The van der Waals surface area contributed by atoms with Gasteiger partial charge in [-0.2, -0.15) is 13.2 Å². The van der Waals surface area contributed by atoms with Crippen LogP contribution in [0.4, 0.5) is 18.9 Å². The Bertz CT molecular complexity index is 598. The Kier molecular flexibility index (Phi) is 6.41. The molecule has 1 unspecified atom stereocenters. The van der Waals surface area contributed by atoms with E-state index in [0.717, 1.165) is 18.4 Å². The third kappa shape index (κ3) is 7.13. The quantitative estimate of drug-likeness (QED) is 0.702. The topological polar surface area (TPSA) is 67.4 Å². The van der Waals surface area contributed by atoms with Gasteiger partial charge in [0.2, 0.25) is 11.8 Å². The minimum absolute atomic E-state index is 0.0213. The molecule has 5 nitrogen and oxygen atoms in total. The number of amides is 2. The van der Waals surface area contributed by atoms with E-state index in [-0.39, 0.29) is 36.8 Å². The lowest BCUT2D eigenvalue weighted by Gasteiger charge is -2.15. The number of benzene rings is 1. The van der Waals surface area contributed by atoms with Crippen LogP contribution in [0.2, 0.25) is 0 Å². The van der Waals surface area contributed by atoms with E-state index in [1.807, 2.05) is 0 Å². The number of hydrogen-bond donors (Lipinski definition) is 2. The van der Waals surface area contributed by atoms with Crippen LogP contribution in [0.5, 0.6) is 0 Å². The largest absolute Gasteiger partial charge is 0.411 e. The van der Waals surface area contributed by atoms with Crippen LogP contribution < -0.4 is 10.6 Å². The molecule has 1 fully saturated rings. The van der Waals surface area contributed by atoms with Crippen molar-refractivity contribution in [3.63, 3.8) is 0 Å². The third-order valence-electron chi connectivity index (χ3n) is 3.74. The van der Waals surface area contributed by atoms with Gasteiger partial charge in [-0.3, -0.25) is 9.59 Å². The van der Waals surface area contributed by atoms with E-state index in [1.54, 1.807) is 31.2 Å². The molecule has 138 valence electrons.